The molecule has 2 aromatic heterocycles. The van der Waals surface area contributed by atoms with Gasteiger partial charge >= 0.3 is 0 Å². The smallest absolute Gasteiger partial charge is 0.271 e. The second kappa shape index (κ2) is 7.58. The maximum absolute atomic E-state index is 12.2. The van der Waals surface area contributed by atoms with Crippen LogP contribution in [0.5, 0.6) is 0 Å². The van der Waals surface area contributed by atoms with Crippen LogP contribution < -0.4 is 10.9 Å². The highest BCUT2D eigenvalue weighted by Gasteiger charge is 2.13. The van der Waals surface area contributed by atoms with E-state index in [9.17, 15) is 14.7 Å². The van der Waals surface area contributed by atoms with Gasteiger partial charge in [-0.2, -0.15) is 11.8 Å². The molecule has 0 aliphatic carbocycles. The third kappa shape index (κ3) is 4.05. The largest absolute Gasteiger partial charge is 0.394 e. The van der Waals surface area contributed by atoms with E-state index in [1.54, 1.807) is 23.2 Å². The van der Waals surface area contributed by atoms with Crippen LogP contribution in [-0.4, -0.2) is 45.2 Å². The molecule has 2 rings (SSSR count). The molecular formula is C13H17N3O3S2. The number of amides is 1. The van der Waals surface area contributed by atoms with E-state index >= 15 is 0 Å². The second-order valence-electron chi connectivity index (χ2n) is 4.54. The Bertz CT molecular complexity index is 668. The molecule has 2 N–H and O–H groups in total. The van der Waals surface area contributed by atoms with E-state index in [0.29, 0.717) is 16.6 Å². The van der Waals surface area contributed by atoms with Gasteiger partial charge in [0.2, 0.25) is 5.91 Å². The van der Waals surface area contributed by atoms with E-state index in [4.69, 9.17) is 0 Å². The Morgan fingerprint density at radius 1 is 1.62 bits per heavy atom. The molecule has 0 bridgehead atoms. The van der Waals surface area contributed by atoms with Crippen molar-refractivity contribution in [3.05, 3.63) is 28.1 Å². The summed E-state index contributed by atoms with van der Waals surface area (Å²) in [5, 5.41) is 13.8. The molecule has 0 aliphatic rings. The molecule has 0 fully saturated rings. The number of thiophene rings is 1. The molecule has 1 atom stereocenters. The summed E-state index contributed by atoms with van der Waals surface area (Å²) in [6.45, 7) is -0.196. The molecule has 2 aromatic rings. The Kier molecular flexibility index (Phi) is 5.77. The maximum Gasteiger partial charge on any atom is 0.271 e. The molecule has 0 aliphatic heterocycles. The van der Waals surface area contributed by atoms with Gasteiger partial charge in [0.1, 0.15) is 11.2 Å². The molecular weight excluding hydrogens is 310 g/mol. The number of carbonyl (C=O) groups is 1. The highest BCUT2D eigenvalue weighted by atomic mass is 32.2. The number of hydrogen-bond acceptors (Lipinski definition) is 6. The van der Waals surface area contributed by atoms with Gasteiger partial charge in [-0.3, -0.25) is 14.2 Å². The second-order valence-corrected chi connectivity index (χ2v) is 6.44. The van der Waals surface area contributed by atoms with E-state index in [2.05, 4.69) is 10.3 Å². The summed E-state index contributed by atoms with van der Waals surface area (Å²) in [4.78, 5) is 28.3. The summed E-state index contributed by atoms with van der Waals surface area (Å²) in [6.07, 6.45) is 4.05. The number of nitrogens with one attached hydrogen (secondary N) is 1. The SMILES string of the molecule is CSCCC(CO)NC(=O)Cn1cnc2ccsc2c1=O. The van der Waals surface area contributed by atoms with Gasteiger partial charge in [-0.05, 0) is 29.9 Å². The third-order valence-corrected chi connectivity index (χ3v) is 4.54. The van der Waals surface area contributed by atoms with Crippen LogP contribution in [-0.2, 0) is 11.3 Å². The topological polar surface area (TPSA) is 84.2 Å². The van der Waals surface area contributed by atoms with Gasteiger partial charge in [-0.1, -0.05) is 0 Å². The molecule has 0 spiro atoms. The molecule has 1 unspecified atom stereocenters. The van der Waals surface area contributed by atoms with E-state index < -0.39 is 0 Å². The number of aliphatic hydroxyl groups excluding tert-OH is 1. The molecule has 0 saturated heterocycles. The fourth-order valence-electron chi connectivity index (χ4n) is 1.89. The Hall–Kier alpha value is -1.38. The van der Waals surface area contributed by atoms with Crippen LogP contribution in [0.2, 0.25) is 0 Å². The quantitative estimate of drug-likeness (QED) is 0.781. The van der Waals surface area contributed by atoms with Gasteiger partial charge in [0, 0.05) is 0 Å². The minimum absolute atomic E-state index is 0.0879. The number of rotatable bonds is 7. The van der Waals surface area contributed by atoms with Crippen LogP contribution in [0.4, 0.5) is 0 Å². The number of hydrogen-bond donors (Lipinski definition) is 2. The lowest BCUT2D eigenvalue weighted by Gasteiger charge is -2.16. The van der Waals surface area contributed by atoms with Crippen molar-refractivity contribution in [2.24, 2.45) is 0 Å². The van der Waals surface area contributed by atoms with Crippen molar-refractivity contribution >= 4 is 39.2 Å². The summed E-state index contributed by atoms with van der Waals surface area (Å²) in [5.74, 6) is 0.559. The molecule has 0 aromatic carbocycles. The lowest BCUT2D eigenvalue weighted by molar-refractivity contribution is -0.122. The number of aliphatic hydroxyl groups is 1. The average molecular weight is 327 g/mol. The lowest BCUT2D eigenvalue weighted by Crippen LogP contribution is -2.41. The molecule has 114 valence electrons. The van der Waals surface area contributed by atoms with Crippen molar-refractivity contribution in [2.75, 3.05) is 18.6 Å². The Balaban J connectivity index is 2.03. The molecule has 1 amide bonds. The number of fused-ring (bicyclic) bond motifs is 1. The number of aromatic nitrogens is 2. The molecule has 6 nitrogen and oxygen atoms in total. The Labute approximate surface area is 130 Å². The number of thioether (sulfide) groups is 1. The van der Waals surface area contributed by atoms with E-state index in [-0.39, 0.29) is 30.7 Å². The number of nitrogens with zero attached hydrogens (tertiary/aromatic N) is 2. The fraction of sp³-hybridized carbons (Fsp3) is 0.462. The van der Waals surface area contributed by atoms with Crippen molar-refractivity contribution in [3.8, 4) is 0 Å². The highest BCUT2D eigenvalue weighted by Crippen LogP contribution is 2.12. The highest BCUT2D eigenvalue weighted by molar-refractivity contribution is 7.98. The van der Waals surface area contributed by atoms with Crippen LogP contribution >= 0.6 is 23.1 Å². The molecule has 0 radical (unpaired) electrons. The predicted octanol–water partition coefficient (Wildman–Crippen LogP) is 0.688. The van der Waals surface area contributed by atoms with Gasteiger partial charge in [0.15, 0.2) is 0 Å². The third-order valence-electron chi connectivity index (χ3n) is 3.01. The normalized spacial score (nSPS) is 12.5. The zero-order valence-electron chi connectivity index (χ0n) is 11.6. The van der Waals surface area contributed by atoms with Crippen LogP contribution in [0.1, 0.15) is 6.42 Å². The van der Waals surface area contributed by atoms with E-state index in [1.165, 1.54) is 22.2 Å². The average Bonchev–Trinajstić information content (AvgIpc) is 2.95. The van der Waals surface area contributed by atoms with Crippen molar-refractivity contribution in [3.63, 3.8) is 0 Å². The van der Waals surface area contributed by atoms with Gasteiger partial charge in [-0.25, -0.2) is 4.98 Å². The van der Waals surface area contributed by atoms with E-state index in [1.807, 2.05) is 6.26 Å². The summed E-state index contributed by atoms with van der Waals surface area (Å²) in [7, 11) is 0. The fourth-order valence-corrected chi connectivity index (χ4v) is 3.20. The van der Waals surface area contributed by atoms with E-state index in [0.717, 1.165) is 5.75 Å². The first kappa shape index (κ1) is 16.0. The first-order valence-electron chi connectivity index (χ1n) is 6.47. The van der Waals surface area contributed by atoms with Crippen molar-refractivity contribution in [2.45, 2.75) is 19.0 Å². The standard InChI is InChI=1S/C13H17N3O3S2/c1-20-4-2-9(7-17)15-11(18)6-16-8-14-10-3-5-21-12(10)13(16)19/h3,5,8-9,17H,2,4,6-7H2,1H3,(H,15,18). The minimum Gasteiger partial charge on any atom is -0.394 e. The summed E-state index contributed by atoms with van der Waals surface area (Å²) in [6, 6.07) is 1.50. The van der Waals surface area contributed by atoms with Crippen LogP contribution in [0.25, 0.3) is 10.2 Å². The maximum atomic E-state index is 12.2. The summed E-state index contributed by atoms with van der Waals surface area (Å²) in [5.41, 5.74) is 0.435. The van der Waals surface area contributed by atoms with Crippen molar-refractivity contribution < 1.29 is 9.90 Å². The lowest BCUT2D eigenvalue weighted by atomic mass is 10.2. The predicted molar refractivity (Wildman–Crippen MR) is 85.9 cm³/mol. The first-order valence-corrected chi connectivity index (χ1v) is 8.75. The van der Waals surface area contributed by atoms with Crippen LogP contribution in [0.3, 0.4) is 0 Å². The Morgan fingerprint density at radius 2 is 2.43 bits per heavy atom. The molecule has 0 saturated carbocycles. The minimum atomic E-state index is -0.296. The van der Waals surface area contributed by atoms with Gasteiger partial charge in [0.05, 0.1) is 24.5 Å². The Morgan fingerprint density at radius 3 is 3.14 bits per heavy atom. The van der Waals surface area contributed by atoms with Crippen molar-refractivity contribution in [1.29, 1.82) is 0 Å². The monoisotopic (exact) mass is 327 g/mol. The number of carbonyl (C=O) groups excluding carboxylic acids is 1. The first-order chi connectivity index (χ1) is 10.2. The molecule has 2 heterocycles. The van der Waals surface area contributed by atoms with Crippen LogP contribution in [0, 0.1) is 0 Å². The zero-order chi connectivity index (χ0) is 15.2. The van der Waals surface area contributed by atoms with Gasteiger partial charge < -0.3 is 10.4 Å². The molecule has 21 heavy (non-hydrogen) atoms. The van der Waals surface area contributed by atoms with Crippen molar-refractivity contribution in [1.82, 2.24) is 14.9 Å². The van der Waals surface area contributed by atoms with Crippen LogP contribution in [0.15, 0.2) is 22.6 Å². The summed E-state index contributed by atoms with van der Waals surface area (Å²) < 4.78 is 1.84. The van der Waals surface area contributed by atoms with Gasteiger partial charge in [-0.15, -0.1) is 11.3 Å². The summed E-state index contributed by atoms with van der Waals surface area (Å²) >= 11 is 2.97. The molecule has 8 heteroatoms. The van der Waals surface area contributed by atoms with Gasteiger partial charge in [0.25, 0.3) is 5.56 Å². The zero-order valence-corrected chi connectivity index (χ0v) is 13.2.